The van der Waals surface area contributed by atoms with Gasteiger partial charge in [0.1, 0.15) is 17.1 Å². The predicted octanol–water partition coefficient (Wildman–Crippen LogP) is 2.23. The number of pyridine rings is 1. The number of carbonyl (C=O) groups is 2. The standard InChI is InChI=1S/C20H18N2O4/c1-12(23)11-21-19(25)17-18(24)15-9-8-14(13-6-4-3-5-7-13)10-16(15)22(2)20(17)26/h3-10,24H,11H2,1-2H3,(H,21,25). The van der Waals surface area contributed by atoms with Crippen LogP contribution in [0.25, 0.3) is 22.0 Å². The largest absolute Gasteiger partial charge is 0.506 e. The molecule has 0 spiro atoms. The maximum atomic E-state index is 12.6. The van der Waals surface area contributed by atoms with Gasteiger partial charge in [-0.1, -0.05) is 36.4 Å². The summed E-state index contributed by atoms with van der Waals surface area (Å²) in [5, 5.41) is 13.2. The van der Waals surface area contributed by atoms with E-state index in [0.717, 1.165) is 11.1 Å². The molecular weight excluding hydrogens is 332 g/mol. The van der Waals surface area contributed by atoms with Crippen molar-refractivity contribution in [3.8, 4) is 16.9 Å². The summed E-state index contributed by atoms with van der Waals surface area (Å²) in [6.07, 6.45) is 0. The molecule has 2 N–H and O–H groups in total. The zero-order valence-electron chi connectivity index (χ0n) is 14.4. The minimum absolute atomic E-state index is 0.202. The van der Waals surface area contributed by atoms with E-state index in [2.05, 4.69) is 5.32 Å². The van der Waals surface area contributed by atoms with Gasteiger partial charge < -0.3 is 15.0 Å². The molecular formula is C20H18N2O4. The number of nitrogens with zero attached hydrogens (tertiary/aromatic N) is 1. The number of Topliss-reactive ketones (excluding diaryl/α,β-unsaturated/α-hetero) is 1. The van der Waals surface area contributed by atoms with Gasteiger partial charge in [0.15, 0.2) is 0 Å². The van der Waals surface area contributed by atoms with Gasteiger partial charge in [0.25, 0.3) is 11.5 Å². The van der Waals surface area contributed by atoms with E-state index in [1.165, 1.54) is 11.5 Å². The lowest BCUT2D eigenvalue weighted by molar-refractivity contribution is -0.116. The van der Waals surface area contributed by atoms with Crippen LogP contribution < -0.4 is 10.9 Å². The van der Waals surface area contributed by atoms with Crippen LogP contribution >= 0.6 is 0 Å². The third kappa shape index (κ3) is 3.09. The highest BCUT2D eigenvalue weighted by Crippen LogP contribution is 2.30. The van der Waals surface area contributed by atoms with E-state index < -0.39 is 11.5 Å². The predicted molar refractivity (Wildman–Crippen MR) is 99.3 cm³/mol. The van der Waals surface area contributed by atoms with Gasteiger partial charge in [0.2, 0.25) is 0 Å². The van der Waals surface area contributed by atoms with Crippen LogP contribution in [0.2, 0.25) is 0 Å². The maximum absolute atomic E-state index is 12.6. The highest BCUT2D eigenvalue weighted by Gasteiger charge is 2.21. The number of carbonyl (C=O) groups excluding carboxylic acids is 2. The Balaban J connectivity index is 2.16. The Morgan fingerprint density at radius 1 is 1.08 bits per heavy atom. The molecule has 1 heterocycles. The number of aryl methyl sites for hydroxylation is 1. The van der Waals surface area contributed by atoms with Crippen molar-refractivity contribution in [3.63, 3.8) is 0 Å². The SMILES string of the molecule is CC(=O)CNC(=O)c1c(O)c2ccc(-c3ccccc3)cc2n(C)c1=O. The molecule has 1 aromatic heterocycles. The number of amides is 1. The summed E-state index contributed by atoms with van der Waals surface area (Å²) in [6, 6.07) is 14.9. The third-order valence-electron chi connectivity index (χ3n) is 4.20. The minimum atomic E-state index is -0.771. The average Bonchev–Trinajstić information content (AvgIpc) is 2.65. The van der Waals surface area contributed by atoms with Crippen LogP contribution in [0.15, 0.2) is 53.3 Å². The zero-order chi connectivity index (χ0) is 18.8. The molecule has 6 heteroatoms. The molecule has 0 fully saturated rings. The van der Waals surface area contributed by atoms with E-state index in [1.807, 2.05) is 36.4 Å². The number of aromatic nitrogens is 1. The fraction of sp³-hybridized carbons (Fsp3) is 0.150. The molecule has 0 unspecified atom stereocenters. The topological polar surface area (TPSA) is 88.4 Å². The summed E-state index contributed by atoms with van der Waals surface area (Å²) < 4.78 is 1.32. The van der Waals surface area contributed by atoms with E-state index in [4.69, 9.17) is 0 Å². The molecule has 26 heavy (non-hydrogen) atoms. The van der Waals surface area contributed by atoms with Gasteiger partial charge in [0.05, 0.1) is 12.1 Å². The number of fused-ring (bicyclic) bond motifs is 1. The maximum Gasteiger partial charge on any atom is 0.267 e. The number of ketones is 1. The van der Waals surface area contributed by atoms with Crippen LogP contribution in [-0.4, -0.2) is 27.9 Å². The van der Waals surface area contributed by atoms with Crippen LogP contribution in [-0.2, 0) is 11.8 Å². The molecule has 3 rings (SSSR count). The average molecular weight is 350 g/mol. The molecule has 2 aromatic carbocycles. The molecule has 6 nitrogen and oxygen atoms in total. The number of hydrogen-bond acceptors (Lipinski definition) is 4. The van der Waals surface area contributed by atoms with Crippen LogP contribution in [0, 0.1) is 0 Å². The van der Waals surface area contributed by atoms with Crippen molar-refractivity contribution >= 4 is 22.6 Å². The number of rotatable bonds is 4. The smallest absolute Gasteiger partial charge is 0.267 e. The van der Waals surface area contributed by atoms with Gasteiger partial charge in [-0.15, -0.1) is 0 Å². The molecule has 0 saturated carbocycles. The fourth-order valence-electron chi connectivity index (χ4n) is 2.83. The Bertz CT molecular complexity index is 1070. The molecule has 132 valence electrons. The van der Waals surface area contributed by atoms with Gasteiger partial charge in [0, 0.05) is 12.4 Å². The summed E-state index contributed by atoms with van der Waals surface area (Å²) in [7, 11) is 1.54. The zero-order valence-corrected chi connectivity index (χ0v) is 14.4. The van der Waals surface area contributed by atoms with Crippen LogP contribution in [0.1, 0.15) is 17.3 Å². The van der Waals surface area contributed by atoms with Crippen molar-refractivity contribution < 1.29 is 14.7 Å². The van der Waals surface area contributed by atoms with Gasteiger partial charge >= 0.3 is 0 Å². The first kappa shape index (κ1) is 17.4. The Morgan fingerprint density at radius 2 is 1.77 bits per heavy atom. The summed E-state index contributed by atoms with van der Waals surface area (Å²) in [5.74, 6) is -1.40. The Hall–Kier alpha value is -3.41. The van der Waals surface area contributed by atoms with Crippen LogP contribution in [0.4, 0.5) is 0 Å². The van der Waals surface area contributed by atoms with Gasteiger partial charge in [-0.05, 0) is 30.2 Å². The Labute approximate surface area is 149 Å². The lowest BCUT2D eigenvalue weighted by Gasteiger charge is -2.13. The van der Waals surface area contributed by atoms with Gasteiger partial charge in [-0.25, -0.2) is 0 Å². The summed E-state index contributed by atoms with van der Waals surface area (Å²) >= 11 is 0. The van der Waals surface area contributed by atoms with Crippen molar-refractivity contribution in [1.82, 2.24) is 9.88 Å². The lowest BCUT2D eigenvalue weighted by atomic mass is 10.0. The third-order valence-corrected chi connectivity index (χ3v) is 4.20. The molecule has 0 aliphatic heterocycles. The molecule has 1 amide bonds. The second kappa shape index (κ2) is 6.84. The van der Waals surface area contributed by atoms with E-state index in [9.17, 15) is 19.5 Å². The van der Waals surface area contributed by atoms with Gasteiger partial charge in [-0.2, -0.15) is 0 Å². The van der Waals surface area contributed by atoms with Crippen molar-refractivity contribution in [1.29, 1.82) is 0 Å². The second-order valence-corrected chi connectivity index (χ2v) is 6.07. The molecule has 0 atom stereocenters. The Morgan fingerprint density at radius 3 is 2.42 bits per heavy atom. The summed E-state index contributed by atoms with van der Waals surface area (Å²) in [5.41, 5.74) is 1.39. The monoisotopic (exact) mass is 350 g/mol. The number of aromatic hydroxyl groups is 1. The first-order valence-corrected chi connectivity index (χ1v) is 8.09. The highest BCUT2D eigenvalue weighted by molar-refractivity contribution is 6.03. The second-order valence-electron chi connectivity index (χ2n) is 6.07. The molecule has 0 radical (unpaired) electrons. The van der Waals surface area contributed by atoms with Crippen LogP contribution in [0.5, 0.6) is 5.75 Å². The van der Waals surface area contributed by atoms with Gasteiger partial charge in [-0.3, -0.25) is 14.4 Å². The van der Waals surface area contributed by atoms with Crippen molar-refractivity contribution in [2.45, 2.75) is 6.92 Å². The number of nitrogens with one attached hydrogen (secondary N) is 1. The Kier molecular flexibility index (Phi) is 4.58. The van der Waals surface area contributed by atoms with E-state index in [1.54, 1.807) is 19.2 Å². The molecule has 3 aromatic rings. The molecule has 0 aliphatic rings. The number of hydrogen-bond donors (Lipinski definition) is 2. The first-order chi connectivity index (χ1) is 12.4. The first-order valence-electron chi connectivity index (χ1n) is 8.09. The van der Waals surface area contributed by atoms with E-state index in [0.29, 0.717) is 10.9 Å². The highest BCUT2D eigenvalue weighted by atomic mass is 16.3. The minimum Gasteiger partial charge on any atom is -0.506 e. The number of benzene rings is 2. The van der Waals surface area contributed by atoms with E-state index in [-0.39, 0.29) is 23.6 Å². The summed E-state index contributed by atoms with van der Waals surface area (Å²) in [6.45, 7) is 1.12. The molecule has 0 aliphatic carbocycles. The van der Waals surface area contributed by atoms with Crippen molar-refractivity contribution in [2.24, 2.45) is 7.05 Å². The van der Waals surface area contributed by atoms with E-state index >= 15 is 0 Å². The molecule has 0 saturated heterocycles. The van der Waals surface area contributed by atoms with Crippen molar-refractivity contribution in [2.75, 3.05) is 6.54 Å². The quantitative estimate of drug-likeness (QED) is 0.755. The molecule has 0 bridgehead atoms. The lowest BCUT2D eigenvalue weighted by Crippen LogP contribution is -2.34. The normalized spacial score (nSPS) is 10.7. The van der Waals surface area contributed by atoms with Crippen LogP contribution in [0.3, 0.4) is 0 Å². The fourth-order valence-corrected chi connectivity index (χ4v) is 2.83. The van der Waals surface area contributed by atoms with Crippen molar-refractivity contribution in [3.05, 3.63) is 64.4 Å². The summed E-state index contributed by atoms with van der Waals surface area (Å²) in [4.78, 5) is 35.9.